The molecule has 1 amide bonds. The summed E-state index contributed by atoms with van der Waals surface area (Å²) in [5.41, 5.74) is 4.74. The molecule has 8 nitrogen and oxygen atoms in total. The van der Waals surface area contributed by atoms with Gasteiger partial charge in [0.1, 0.15) is 13.2 Å². The lowest BCUT2D eigenvalue weighted by Crippen LogP contribution is -2.17. The quantitative estimate of drug-likeness (QED) is 0.154. The number of hydrazone groups is 1. The predicted octanol–water partition coefficient (Wildman–Crippen LogP) is 4.81. The Bertz CT molecular complexity index is 1190. The van der Waals surface area contributed by atoms with E-state index in [1.165, 1.54) is 6.21 Å². The monoisotopic (exact) mass is 539 g/mol. The van der Waals surface area contributed by atoms with Crippen LogP contribution in [0.1, 0.15) is 21.5 Å². The number of hydrogen-bond acceptors (Lipinski definition) is 7. The van der Waals surface area contributed by atoms with Gasteiger partial charge in [-0.25, -0.2) is 5.43 Å². The molecule has 1 aromatic heterocycles. The average molecular weight is 540 g/mol. The van der Waals surface area contributed by atoms with Gasteiger partial charge in [-0.05, 0) is 69.9 Å². The Hall–Kier alpha value is -3.85. The minimum atomic E-state index is -0.332. The van der Waals surface area contributed by atoms with Gasteiger partial charge in [0.15, 0.2) is 23.0 Å². The van der Waals surface area contributed by atoms with Gasteiger partial charge in [0, 0.05) is 18.0 Å². The zero-order chi connectivity index (χ0) is 25.0. The molecule has 0 aliphatic heterocycles. The van der Waals surface area contributed by atoms with Crippen molar-refractivity contribution < 1.29 is 23.7 Å². The van der Waals surface area contributed by atoms with Crippen molar-refractivity contribution in [1.82, 2.24) is 10.4 Å². The third kappa shape index (κ3) is 7.31. The van der Waals surface area contributed by atoms with Crippen molar-refractivity contribution in [2.75, 3.05) is 27.4 Å². The van der Waals surface area contributed by atoms with E-state index in [4.69, 9.17) is 18.9 Å². The number of methoxy groups -OCH3 is 2. The minimum absolute atomic E-state index is 0.280. The first-order valence-electron chi connectivity index (χ1n) is 10.7. The summed E-state index contributed by atoms with van der Waals surface area (Å²) in [5.74, 6) is 2.00. The summed E-state index contributed by atoms with van der Waals surface area (Å²) in [5, 5.41) is 4.01. The molecule has 3 aromatic rings. The fourth-order valence-electron chi connectivity index (χ4n) is 3.11. The number of allylic oxidation sites excluding steroid dienone is 1. The van der Waals surface area contributed by atoms with E-state index >= 15 is 0 Å². The highest BCUT2D eigenvalue weighted by atomic mass is 79.9. The molecule has 35 heavy (non-hydrogen) atoms. The molecule has 0 bridgehead atoms. The lowest BCUT2D eigenvalue weighted by atomic mass is 10.1. The van der Waals surface area contributed by atoms with Crippen LogP contribution in [0.15, 0.2) is 77.1 Å². The molecule has 0 radical (unpaired) electrons. The van der Waals surface area contributed by atoms with Gasteiger partial charge in [-0.2, -0.15) is 5.10 Å². The highest BCUT2D eigenvalue weighted by Crippen LogP contribution is 2.36. The van der Waals surface area contributed by atoms with E-state index in [9.17, 15) is 4.79 Å². The van der Waals surface area contributed by atoms with Crippen molar-refractivity contribution >= 4 is 28.1 Å². The van der Waals surface area contributed by atoms with Crippen molar-refractivity contribution in [2.24, 2.45) is 5.10 Å². The van der Waals surface area contributed by atoms with Crippen LogP contribution in [0.4, 0.5) is 0 Å². The molecule has 0 aliphatic rings. The molecule has 9 heteroatoms. The summed E-state index contributed by atoms with van der Waals surface area (Å²) in [6, 6.07) is 12.5. The topological polar surface area (TPSA) is 91.3 Å². The van der Waals surface area contributed by atoms with Gasteiger partial charge >= 0.3 is 0 Å². The molecular formula is C26H26BrN3O5. The molecule has 0 unspecified atom stereocenters. The third-order valence-corrected chi connectivity index (χ3v) is 5.36. The number of carbonyl (C=O) groups excluding carboxylic acids is 1. The summed E-state index contributed by atoms with van der Waals surface area (Å²) in [6.45, 7) is 4.34. The van der Waals surface area contributed by atoms with E-state index in [1.807, 2.05) is 30.3 Å². The molecule has 182 valence electrons. The predicted molar refractivity (Wildman–Crippen MR) is 138 cm³/mol. The van der Waals surface area contributed by atoms with Crippen LogP contribution in [0.3, 0.4) is 0 Å². The lowest BCUT2D eigenvalue weighted by molar-refractivity contribution is 0.0955. The number of nitrogens with zero attached hydrogens (tertiary/aromatic N) is 2. The molecule has 0 spiro atoms. The van der Waals surface area contributed by atoms with Crippen LogP contribution in [0.25, 0.3) is 0 Å². The number of carbonyl (C=O) groups is 1. The maximum Gasteiger partial charge on any atom is 0.271 e. The largest absolute Gasteiger partial charge is 0.493 e. The second-order valence-electron chi connectivity index (χ2n) is 7.14. The number of aromatic nitrogens is 1. The van der Waals surface area contributed by atoms with Crippen molar-refractivity contribution in [1.29, 1.82) is 0 Å². The Morgan fingerprint density at radius 2 is 1.77 bits per heavy atom. The summed E-state index contributed by atoms with van der Waals surface area (Å²) in [4.78, 5) is 16.0. The molecule has 0 aliphatic carbocycles. The Labute approximate surface area is 212 Å². The second kappa shape index (κ2) is 13.1. The zero-order valence-corrected chi connectivity index (χ0v) is 21.1. The minimum Gasteiger partial charge on any atom is -0.493 e. The molecule has 0 atom stereocenters. The van der Waals surface area contributed by atoms with E-state index in [0.29, 0.717) is 45.2 Å². The van der Waals surface area contributed by atoms with Gasteiger partial charge < -0.3 is 18.9 Å². The first kappa shape index (κ1) is 25.8. The summed E-state index contributed by atoms with van der Waals surface area (Å²) >= 11 is 3.51. The molecular weight excluding hydrogens is 514 g/mol. The zero-order valence-electron chi connectivity index (χ0n) is 19.5. The summed E-state index contributed by atoms with van der Waals surface area (Å²) in [7, 11) is 3.15. The van der Waals surface area contributed by atoms with E-state index < -0.39 is 0 Å². The second-order valence-corrected chi connectivity index (χ2v) is 8.00. The first-order chi connectivity index (χ1) is 17.0. The number of halogens is 1. The molecule has 1 heterocycles. The standard InChI is InChI=1S/C26H26BrN3O5/c1-4-5-18-6-7-22(23(15-18)32-2)34-12-13-35-25-21(27)14-19(16-24(25)33-3)17-29-30-26(31)20-8-10-28-11-9-20/h4,6-11,14-17H,1,5,12-13H2,2-3H3,(H,30,31). The van der Waals surface area contributed by atoms with Crippen LogP contribution in [-0.4, -0.2) is 44.5 Å². The Balaban J connectivity index is 1.58. The van der Waals surface area contributed by atoms with E-state index in [-0.39, 0.29) is 12.5 Å². The lowest BCUT2D eigenvalue weighted by Gasteiger charge is -2.15. The number of pyridine rings is 1. The Morgan fingerprint density at radius 1 is 1.03 bits per heavy atom. The molecule has 1 N–H and O–H groups in total. The number of rotatable bonds is 12. The SMILES string of the molecule is C=CCc1ccc(OCCOc2c(Br)cc(C=NNC(=O)c3ccncc3)cc2OC)c(OC)c1. The normalized spacial score (nSPS) is 10.6. The first-order valence-corrected chi connectivity index (χ1v) is 11.5. The highest BCUT2D eigenvalue weighted by molar-refractivity contribution is 9.10. The van der Waals surface area contributed by atoms with Gasteiger partial charge in [-0.15, -0.1) is 6.58 Å². The molecule has 0 fully saturated rings. The van der Waals surface area contributed by atoms with Crippen molar-refractivity contribution in [3.8, 4) is 23.0 Å². The number of benzene rings is 2. The number of hydrogen-bond donors (Lipinski definition) is 1. The molecule has 3 rings (SSSR count). The van der Waals surface area contributed by atoms with Gasteiger partial charge in [0.2, 0.25) is 0 Å². The van der Waals surface area contributed by atoms with Crippen LogP contribution in [0.5, 0.6) is 23.0 Å². The average Bonchev–Trinajstić information content (AvgIpc) is 2.88. The molecule has 0 saturated carbocycles. The summed E-state index contributed by atoms with van der Waals surface area (Å²) in [6.07, 6.45) is 7.19. The van der Waals surface area contributed by atoms with Crippen LogP contribution < -0.4 is 24.4 Å². The van der Waals surface area contributed by atoms with E-state index in [1.54, 1.807) is 44.8 Å². The maximum absolute atomic E-state index is 12.1. The van der Waals surface area contributed by atoms with Crippen LogP contribution in [0, 0.1) is 0 Å². The third-order valence-electron chi connectivity index (χ3n) is 4.77. The van der Waals surface area contributed by atoms with Gasteiger partial charge in [0.25, 0.3) is 5.91 Å². The molecule has 2 aromatic carbocycles. The van der Waals surface area contributed by atoms with E-state index in [2.05, 4.69) is 38.0 Å². The van der Waals surface area contributed by atoms with Gasteiger partial charge in [-0.1, -0.05) is 12.1 Å². The van der Waals surface area contributed by atoms with Gasteiger partial charge in [0.05, 0.1) is 24.9 Å². The van der Waals surface area contributed by atoms with Crippen LogP contribution >= 0.6 is 15.9 Å². The molecule has 0 saturated heterocycles. The maximum atomic E-state index is 12.1. The fourth-order valence-corrected chi connectivity index (χ4v) is 3.68. The van der Waals surface area contributed by atoms with Crippen LogP contribution in [-0.2, 0) is 6.42 Å². The smallest absolute Gasteiger partial charge is 0.271 e. The summed E-state index contributed by atoms with van der Waals surface area (Å²) < 4.78 is 23.3. The number of amides is 1. The van der Waals surface area contributed by atoms with E-state index in [0.717, 1.165) is 12.0 Å². The van der Waals surface area contributed by atoms with Crippen molar-refractivity contribution in [3.63, 3.8) is 0 Å². The fraction of sp³-hybridized carbons (Fsp3) is 0.192. The van der Waals surface area contributed by atoms with Crippen LogP contribution in [0.2, 0.25) is 0 Å². The number of nitrogens with one attached hydrogen (secondary N) is 1. The number of ether oxygens (including phenoxy) is 4. The van der Waals surface area contributed by atoms with Crippen molar-refractivity contribution in [2.45, 2.75) is 6.42 Å². The Morgan fingerprint density at radius 3 is 2.49 bits per heavy atom. The Kier molecular flexibility index (Phi) is 9.68. The van der Waals surface area contributed by atoms with Gasteiger partial charge in [-0.3, -0.25) is 9.78 Å². The van der Waals surface area contributed by atoms with Crippen molar-refractivity contribution in [3.05, 3.63) is 88.7 Å². The highest BCUT2D eigenvalue weighted by Gasteiger charge is 2.12.